The maximum atomic E-state index is 12.7. The molecule has 130 valence electrons. The third kappa shape index (κ3) is 2.45. The molecule has 0 spiro atoms. The minimum Gasteiger partial charge on any atom is -0.351 e. The summed E-state index contributed by atoms with van der Waals surface area (Å²) in [6.07, 6.45) is 1.71. The Bertz CT molecular complexity index is 1030. The molecule has 4 rings (SSSR count). The molecule has 0 bridgehead atoms. The Morgan fingerprint density at radius 3 is 2.84 bits per heavy atom. The van der Waals surface area contributed by atoms with Gasteiger partial charge in [-0.3, -0.25) is 14.7 Å². The SMILES string of the molecule is Cc1cc(C(=O)N2CCCC2c2cc3nc(C)c(C)c(=O)n3[nH]2)on1. The van der Waals surface area contributed by atoms with Crippen molar-refractivity contribution >= 4 is 11.6 Å². The number of amides is 1. The predicted molar refractivity (Wildman–Crippen MR) is 89.5 cm³/mol. The molecule has 1 aliphatic heterocycles. The van der Waals surface area contributed by atoms with Crippen LogP contribution in [0.25, 0.3) is 5.65 Å². The van der Waals surface area contributed by atoms with Gasteiger partial charge in [-0.05, 0) is 33.6 Å². The van der Waals surface area contributed by atoms with E-state index in [1.54, 1.807) is 24.8 Å². The van der Waals surface area contributed by atoms with Crippen molar-refractivity contribution in [3.63, 3.8) is 0 Å². The van der Waals surface area contributed by atoms with Crippen molar-refractivity contribution in [1.29, 1.82) is 0 Å². The number of carbonyl (C=O) groups is 1. The van der Waals surface area contributed by atoms with E-state index < -0.39 is 0 Å². The molecule has 1 unspecified atom stereocenters. The minimum absolute atomic E-state index is 0.115. The number of carbonyl (C=O) groups excluding carboxylic acids is 1. The normalized spacial score (nSPS) is 17.6. The Labute approximate surface area is 143 Å². The first-order valence-electron chi connectivity index (χ1n) is 8.29. The van der Waals surface area contributed by atoms with Gasteiger partial charge >= 0.3 is 0 Å². The van der Waals surface area contributed by atoms with Crippen molar-refractivity contribution in [3.05, 3.63) is 50.9 Å². The predicted octanol–water partition coefficient (Wildman–Crippen LogP) is 1.91. The van der Waals surface area contributed by atoms with E-state index in [4.69, 9.17) is 4.52 Å². The van der Waals surface area contributed by atoms with Gasteiger partial charge in [-0.2, -0.15) is 0 Å². The number of nitrogens with zero attached hydrogens (tertiary/aromatic N) is 4. The molecule has 4 heterocycles. The summed E-state index contributed by atoms with van der Waals surface area (Å²) in [6.45, 7) is 6.00. The second-order valence-electron chi connectivity index (χ2n) is 6.52. The summed E-state index contributed by atoms with van der Waals surface area (Å²) in [5.74, 6) is 0.0527. The standard InChI is InChI=1S/C17H19N5O3/c1-9-7-14(25-20-9)17(24)21-6-4-5-13(21)12-8-15-18-11(3)10(2)16(23)22(15)19-12/h7-8,13,19H,4-6H2,1-3H3. The van der Waals surface area contributed by atoms with Gasteiger partial charge in [0.2, 0.25) is 5.76 Å². The molecular weight excluding hydrogens is 322 g/mol. The molecule has 8 nitrogen and oxygen atoms in total. The molecule has 1 amide bonds. The number of fused-ring (bicyclic) bond motifs is 1. The van der Waals surface area contributed by atoms with Crippen LogP contribution < -0.4 is 5.56 Å². The van der Waals surface area contributed by atoms with Crippen molar-refractivity contribution in [2.45, 2.75) is 39.7 Å². The molecular formula is C17H19N5O3. The number of aryl methyl sites for hydroxylation is 2. The Morgan fingerprint density at radius 2 is 2.12 bits per heavy atom. The Hall–Kier alpha value is -2.90. The zero-order valence-electron chi connectivity index (χ0n) is 14.4. The van der Waals surface area contributed by atoms with Crippen LogP contribution in [-0.4, -0.2) is 37.1 Å². The molecule has 1 atom stereocenters. The third-order valence-corrected chi connectivity index (χ3v) is 4.81. The number of hydrogen-bond donors (Lipinski definition) is 1. The van der Waals surface area contributed by atoms with Crippen LogP contribution in [0.4, 0.5) is 0 Å². The zero-order chi connectivity index (χ0) is 17.7. The van der Waals surface area contributed by atoms with E-state index in [2.05, 4.69) is 15.2 Å². The molecule has 0 saturated carbocycles. The van der Waals surface area contributed by atoms with Gasteiger partial charge in [0, 0.05) is 29.9 Å². The van der Waals surface area contributed by atoms with E-state index in [0.717, 1.165) is 18.5 Å². The molecule has 0 aliphatic carbocycles. The van der Waals surface area contributed by atoms with Crippen LogP contribution in [0.1, 0.15) is 52.1 Å². The third-order valence-electron chi connectivity index (χ3n) is 4.81. The summed E-state index contributed by atoms with van der Waals surface area (Å²) in [4.78, 5) is 31.4. The number of aromatic amines is 1. The lowest BCUT2D eigenvalue weighted by molar-refractivity contribution is 0.0690. The summed E-state index contributed by atoms with van der Waals surface area (Å²) >= 11 is 0. The van der Waals surface area contributed by atoms with Gasteiger partial charge in [-0.1, -0.05) is 5.16 Å². The summed E-state index contributed by atoms with van der Waals surface area (Å²) in [6, 6.07) is 3.34. The topological polar surface area (TPSA) is 96.5 Å². The molecule has 0 aromatic carbocycles. The number of hydrogen-bond acceptors (Lipinski definition) is 5. The van der Waals surface area contributed by atoms with Gasteiger partial charge < -0.3 is 9.42 Å². The maximum Gasteiger partial charge on any atom is 0.293 e. The van der Waals surface area contributed by atoms with Crippen molar-refractivity contribution in [1.82, 2.24) is 24.7 Å². The van der Waals surface area contributed by atoms with Gasteiger partial charge in [-0.25, -0.2) is 9.50 Å². The van der Waals surface area contributed by atoms with Crippen LogP contribution in [0.15, 0.2) is 21.5 Å². The smallest absolute Gasteiger partial charge is 0.293 e. The van der Waals surface area contributed by atoms with E-state index in [1.807, 2.05) is 13.0 Å². The largest absolute Gasteiger partial charge is 0.351 e. The van der Waals surface area contributed by atoms with Gasteiger partial charge in [-0.15, -0.1) is 0 Å². The van der Waals surface area contributed by atoms with Crippen LogP contribution in [-0.2, 0) is 0 Å². The van der Waals surface area contributed by atoms with Gasteiger partial charge in [0.05, 0.1) is 17.4 Å². The van der Waals surface area contributed by atoms with Crippen molar-refractivity contribution in [2.75, 3.05) is 6.54 Å². The first kappa shape index (κ1) is 15.6. The Morgan fingerprint density at radius 1 is 1.32 bits per heavy atom. The minimum atomic E-state index is -0.186. The highest BCUT2D eigenvalue weighted by molar-refractivity contribution is 5.92. The fourth-order valence-corrected chi connectivity index (χ4v) is 3.35. The van der Waals surface area contributed by atoms with Crippen LogP contribution in [0.5, 0.6) is 0 Å². The summed E-state index contributed by atoms with van der Waals surface area (Å²) in [5.41, 5.74) is 3.26. The molecule has 1 aliphatic rings. The lowest BCUT2D eigenvalue weighted by atomic mass is 10.1. The second-order valence-corrected chi connectivity index (χ2v) is 6.52. The van der Waals surface area contributed by atoms with Crippen molar-refractivity contribution < 1.29 is 9.32 Å². The lowest BCUT2D eigenvalue weighted by Crippen LogP contribution is -2.30. The fraction of sp³-hybridized carbons (Fsp3) is 0.412. The average Bonchev–Trinajstić information content (AvgIpc) is 3.30. The monoisotopic (exact) mass is 341 g/mol. The average molecular weight is 341 g/mol. The highest BCUT2D eigenvalue weighted by Gasteiger charge is 2.33. The number of nitrogens with one attached hydrogen (secondary N) is 1. The summed E-state index contributed by atoms with van der Waals surface area (Å²) in [5, 5.41) is 6.90. The molecule has 3 aromatic rings. The van der Waals surface area contributed by atoms with E-state index in [-0.39, 0.29) is 23.3 Å². The zero-order valence-corrected chi connectivity index (χ0v) is 14.4. The summed E-state index contributed by atoms with van der Waals surface area (Å²) in [7, 11) is 0. The van der Waals surface area contributed by atoms with Crippen LogP contribution in [0, 0.1) is 20.8 Å². The first-order chi connectivity index (χ1) is 12.0. The van der Waals surface area contributed by atoms with Gasteiger partial charge in [0.1, 0.15) is 0 Å². The van der Waals surface area contributed by atoms with Gasteiger partial charge in [0.15, 0.2) is 5.65 Å². The molecule has 3 aromatic heterocycles. The van der Waals surface area contributed by atoms with Crippen LogP contribution >= 0.6 is 0 Å². The highest BCUT2D eigenvalue weighted by Crippen LogP contribution is 2.32. The van der Waals surface area contributed by atoms with Crippen LogP contribution in [0.2, 0.25) is 0 Å². The van der Waals surface area contributed by atoms with E-state index >= 15 is 0 Å². The maximum absolute atomic E-state index is 12.7. The number of H-pyrrole nitrogens is 1. The summed E-state index contributed by atoms with van der Waals surface area (Å²) < 4.78 is 6.55. The molecule has 1 N–H and O–H groups in total. The molecule has 1 fully saturated rings. The number of aromatic nitrogens is 4. The number of likely N-dealkylation sites (tertiary alicyclic amines) is 1. The molecule has 1 saturated heterocycles. The van der Waals surface area contributed by atoms with Crippen molar-refractivity contribution in [3.8, 4) is 0 Å². The second kappa shape index (κ2) is 5.58. The molecule has 8 heteroatoms. The Kier molecular flexibility index (Phi) is 3.48. The van der Waals surface area contributed by atoms with Crippen LogP contribution in [0.3, 0.4) is 0 Å². The molecule has 25 heavy (non-hydrogen) atoms. The van der Waals surface area contributed by atoms with E-state index in [0.29, 0.717) is 29.1 Å². The molecule has 0 radical (unpaired) electrons. The van der Waals surface area contributed by atoms with E-state index in [9.17, 15) is 9.59 Å². The van der Waals surface area contributed by atoms with E-state index in [1.165, 1.54) is 4.52 Å². The first-order valence-corrected chi connectivity index (χ1v) is 8.29. The van der Waals surface area contributed by atoms with Crippen molar-refractivity contribution in [2.24, 2.45) is 0 Å². The highest BCUT2D eigenvalue weighted by atomic mass is 16.5. The fourth-order valence-electron chi connectivity index (χ4n) is 3.35. The lowest BCUT2D eigenvalue weighted by Gasteiger charge is -2.22. The quantitative estimate of drug-likeness (QED) is 0.768. The Balaban J connectivity index is 1.73. The number of rotatable bonds is 2. The van der Waals surface area contributed by atoms with Gasteiger partial charge in [0.25, 0.3) is 11.5 Å².